The zero-order chi connectivity index (χ0) is 22.3. The Morgan fingerprint density at radius 3 is 2.40 bits per heavy atom. The van der Waals surface area contributed by atoms with E-state index in [9.17, 15) is 13.2 Å². The molecule has 0 bridgehead atoms. The van der Waals surface area contributed by atoms with Gasteiger partial charge in [-0.15, -0.1) is 0 Å². The van der Waals surface area contributed by atoms with Crippen LogP contribution in [0.25, 0.3) is 11.1 Å². The molecule has 2 aromatic carbocycles. The van der Waals surface area contributed by atoms with E-state index in [2.05, 4.69) is 4.72 Å². The van der Waals surface area contributed by atoms with Gasteiger partial charge in [-0.3, -0.25) is 9.52 Å². The van der Waals surface area contributed by atoms with E-state index in [0.29, 0.717) is 40.0 Å². The summed E-state index contributed by atoms with van der Waals surface area (Å²) in [5, 5.41) is 9.08. The molecule has 0 radical (unpaired) electrons. The third kappa shape index (κ3) is 6.17. The number of halogens is 1. The van der Waals surface area contributed by atoms with Crippen molar-refractivity contribution >= 4 is 33.3 Å². The van der Waals surface area contributed by atoms with Crippen LogP contribution in [0, 0.1) is 0 Å². The first kappa shape index (κ1) is 23.6. The molecule has 164 valence electrons. The number of rotatable bonds is 11. The highest BCUT2D eigenvalue weighted by molar-refractivity contribution is 7.92. The lowest BCUT2D eigenvalue weighted by Crippen LogP contribution is -2.18. The molecule has 0 aliphatic heterocycles. The van der Waals surface area contributed by atoms with Crippen molar-refractivity contribution in [2.24, 2.45) is 0 Å². The first-order chi connectivity index (χ1) is 14.2. The molecular formula is C20H24ClNO7S. The van der Waals surface area contributed by atoms with Crippen LogP contribution >= 0.6 is 11.6 Å². The van der Waals surface area contributed by atoms with E-state index in [1.165, 1.54) is 14.2 Å². The molecule has 2 rings (SSSR count). The second-order valence-electron chi connectivity index (χ2n) is 6.25. The van der Waals surface area contributed by atoms with Crippen LogP contribution in [0.4, 0.5) is 5.69 Å². The summed E-state index contributed by atoms with van der Waals surface area (Å²) in [5.74, 6) is -0.0277. The average Bonchev–Trinajstić information content (AvgIpc) is 2.68. The normalized spacial score (nSPS) is 11.1. The van der Waals surface area contributed by atoms with Crippen LogP contribution in [-0.2, 0) is 14.8 Å². The number of ether oxygens (including phenoxy) is 3. The van der Waals surface area contributed by atoms with Crippen molar-refractivity contribution in [1.29, 1.82) is 0 Å². The highest BCUT2D eigenvalue weighted by Gasteiger charge is 2.19. The molecule has 8 nitrogen and oxygen atoms in total. The smallest absolute Gasteiger partial charge is 0.303 e. The minimum atomic E-state index is -3.78. The average molecular weight is 458 g/mol. The molecular weight excluding hydrogens is 434 g/mol. The molecule has 0 aliphatic rings. The number of hydrogen-bond acceptors (Lipinski definition) is 6. The van der Waals surface area contributed by atoms with Crippen molar-refractivity contribution in [3.05, 3.63) is 35.4 Å². The lowest BCUT2D eigenvalue weighted by molar-refractivity contribution is -0.137. The fourth-order valence-electron chi connectivity index (χ4n) is 2.79. The van der Waals surface area contributed by atoms with Gasteiger partial charge in [0.05, 0.1) is 37.3 Å². The molecule has 0 spiro atoms. The van der Waals surface area contributed by atoms with Gasteiger partial charge >= 0.3 is 5.97 Å². The van der Waals surface area contributed by atoms with Gasteiger partial charge in [0, 0.05) is 23.6 Å². The highest BCUT2D eigenvalue weighted by Crippen LogP contribution is 2.42. The van der Waals surface area contributed by atoms with E-state index < -0.39 is 16.0 Å². The van der Waals surface area contributed by atoms with Gasteiger partial charge in [-0.25, -0.2) is 8.42 Å². The molecule has 2 N–H and O–H groups in total. The van der Waals surface area contributed by atoms with Crippen molar-refractivity contribution in [1.82, 2.24) is 0 Å². The minimum absolute atomic E-state index is 0.00484. The predicted octanol–water partition coefficient (Wildman–Crippen LogP) is 4.03. The SMILES string of the molecule is CCOc1ccc(NS(=O)(=O)CCCC(=O)O)c(-c2cc(OC)c(Cl)cc2OC)c1. The number of hydrogen-bond donors (Lipinski definition) is 2. The Hall–Kier alpha value is -2.65. The number of nitrogens with one attached hydrogen (secondary N) is 1. The van der Waals surface area contributed by atoms with Crippen molar-refractivity contribution in [2.45, 2.75) is 19.8 Å². The van der Waals surface area contributed by atoms with Crippen molar-refractivity contribution in [3.63, 3.8) is 0 Å². The van der Waals surface area contributed by atoms with E-state index >= 15 is 0 Å². The summed E-state index contributed by atoms with van der Waals surface area (Å²) < 4.78 is 43.8. The number of methoxy groups -OCH3 is 2. The van der Waals surface area contributed by atoms with Crippen molar-refractivity contribution < 1.29 is 32.5 Å². The molecule has 0 heterocycles. The number of benzene rings is 2. The van der Waals surface area contributed by atoms with Gasteiger partial charge in [0.2, 0.25) is 10.0 Å². The molecule has 2 aromatic rings. The summed E-state index contributed by atoms with van der Waals surface area (Å²) in [6.45, 7) is 2.27. The molecule has 0 atom stereocenters. The van der Waals surface area contributed by atoms with E-state index in [4.69, 9.17) is 30.9 Å². The Bertz CT molecular complexity index is 1010. The Balaban J connectivity index is 2.53. The van der Waals surface area contributed by atoms with E-state index in [1.54, 1.807) is 30.3 Å². The largest absolute Gasteiger partial charge is 0.496 e. The van der Waals surface area contributed by atoms with Gasteiger partial charge in [0.1, 0.15) is 17.2 Å². The molecule has 10 heteroatoms. The van der Waals surface area contributed by atoms with E-state index in [0.717, 1.165) is 0 Å². The summed E-state index contributed by atoms with van der Waals surface area (Å²) in [7, 11) is -0.833. The molecule has 30 heavy (non-hydrogen) atoms. The number of aliphatic carboxylic acids is 1. The molecule has 0 saturated carbocycles. The number of carboxylic acid groups (broad SMARTS) is 1. The number of carbonyl (C=O) groups is 1. The van der Waals surface area contributed by atoms with Gasteiger partial charge in [0.25, 0.3) is 0 Å². The van der Waals surface area contributed by atoms with Crippen LogP contribution < -0.4 is 18.9 Å². The Labute approximate surface area is 180 Å². The monoisotopic (exact) mass is 457 g/mol. The van der Waals surface area contributed by atoms with Crippen LogP contribution in [-0.4, -0.2) is 46.1 Å². The number of sulfonamides is 1. The number of anilines is 1. The van der Waals surface area contributed by atoms with Crippen LogP contribution in [0.3, 0.4) is 0 Å². The van der Waals surface area contributed by atoms with E-state index in [-0.39, 0.29) is 24.3 Å². The second-order valence-corrected chi connectivity index (χ2v) is 8.49. The van der Waals surface area contributed by atoms with E-state index in [1.807, 2.05) is 6.92 Å². The first-order valence-electron chi connectivity index (χ1n) is 9.11. The third-order valence-corrected chi connectivity index (χ3v) is 5.79. The first-order valence-corrected chi connectivity index (χ1v) is 11.1. The van der Waals surface area contributed by atoms with Gasteiger partial charge < -0.3 is 19.3 Å². The Morgan fingerprint density at radius 2 is 1.80 bits per heavy atom. The van der Waals surface area contributed by atoms with Gasteiger partial charge in [-0.2, -0.15) is 0 Å². The zero-order valence-electron chi connectivity index (χ0n) is 16.9. The minimum Gasteiger partial charge on any atom is -0.496 e. The maximum Gasteiger partial charge on any atom is 0.303 e. The lowest BCUT2D eigenvalue weighted by Gasteiger charge is -2.18. The molecule has 0 unspecified atom stereocenters. The maximum atomic E-state index is 12.5. The third-order valence-electron chi connectivity index (χ3n) is 4.14. The predicted molar refractivity (Wildman–Crippen MR) is 115 cm³/mol. The maximum absolute atomic E-state index is 12.5. The molecule has 0 saturated heterocycles. The molecule has 0 aromatic heterocycles. The number of carboxylic acids is 1. The topological polar surface area (TPSA) is 111 Å². The van der Waals surface area contributed by atoms with Gasteiger partial charge in [-0.1, -0.05) is 11.6 Å². The molecule has 0 fully saturated rings. The quantitative estimate of drug-likeness (QED) is 0.524. The fraction of sp³-hybridized carbons (Fsp3) is 0.350. The van der Waals surface area contributed by atoms with Gasteiger partial charge in [0.15, 0.2) is 0 Å². The standard InChI is InChI=1S/C20H24ClNO7S/c1-4-29-13-7-8-17(22-30(25,26)9-5-6-20(23)24)14(10-13)15-11-19(28-3)16(21)12-18(15)27-2/h7-8,10-12,22H,4-6,9H2,1-3H3,(H,23,24). The van der Waals surface area contributed by atoms with Crippen LogP contribution in [0.15, 0.2) is 30.3 Å². The summed E-state index contributed by atoms with van der Waals surface area (Å²) in [4.78, 5) is 10.7. The second kappa shape index (κ2) is 10.4. The summed E-state index contributed by atoms with van der Waals surface area (Å²) >= 11 is 6.19. The van der Waals surface area contributed by atoms with Crippen LogP contribution in [0.1, 0.15) is 19.8 Å². The summed E-state index contributed by atoms with van der Waals surface area (Å²) in [6, 6.07) is 8.13. The van der Waals surface area contributed by atoms with Crippen LogP contribution in [0.2, 0.25) is 5.02 Å². The molecule has 0 amide bonds. The Kier molecular flexibility index (Phi) is 8.19. The van der Waals surface area contributed by atoms with Crippen molar-refractivity contribution in [2.75, 3.05) is 31.3 Å². The highest BCUT2D eigenvalue weighted by atomic mass is 35.5. The van der Waals surface area contributed by atoms with Gasteiger partial charge in [-0.05, 0) is 37.6 Å². The fourth-order valence-corrected chi connectivity index (χ4v) is 4.16. The summed E-state index contributed by atoms with van der Waals surface area (Å²) in [5.41, 5.74) is 1.33. The van der Waals surface area contributed by atoms with Crippen LogP contribution in [0.5, 0.6) is 17.2 Å². The Morgan fingerprint density at radius 1 is 1.10 bits per heavy atom. The van der Waals surface area contributed by atoms with Crippen molar-refractivity contribution in [3.8, 4) is 28.4 Å². The molecule has 0 aliphatic carbocycles. The summed E-state index contributed by atoms with van der Waals surface area (Å²) in [6.07, 6.45) is -0.242. The lowest BCUT2D eigenvalue weighted by atomic mass is 10.0. The zero-order valence-corrected chi connectivity index (χ0v) is 18.5.